The highest BCUT2D eigenvalue weighted by Crippen LogP contribution is 2.10. The summed E-state index contributed by atoms with van der Waals surface area (Å²) in [5.74, 6) is 0.711. The molecule has 0 spiro atoms. The number of aliphatic imine (C=N–C) groups is 1. The second-order valence-corrected chi connectivity index (χ2v) is 3.81. The quantitative estimate of drug-likeness (QED) is 0.748. The summed E-state index contributed by atoms with van der Waals surface area (Å²) >= 11 is 1.59. The van der Waals surface area contributed by atoms with E-state index in [2.05, 4.69) is 15.3 Å². The molecule has 0 fully saturated rings. The summed E-state index contributed by atoms with van der Waals surface area (Å²) in [6.07, 6.45) is 0.643. The van der Waals surface area contributed by atoms with Crippen LogP contribution in [0.15, 0.2) is 10.4 Å². The number of nitrogens with one attached hydrogen (secondary N) is 1. The third-order valence-electron chi connectivity index (χ3n) is 1.68. The van der Waals surface area contributed by atoms with Crippen LogP contribution in [-0.4, -0.2) is 23.3 Å². The molecule has 1 aliphatic heterocycles. The summed E-state index contributed by atoms with van der Waals surface area (Å²) in [5, 5.41) is 5.68. The van der Waals surface area contributed by atoms with Crippen molar-refractivity contribution in [2.24, 2.45) is 4.99 Å². The molecule has 13 heavy (non-hydrogen) atoms. The third-order valence-corrected chi connectivity index (χ3v) is 2.65. The van der Waals surface area contributed by atoms with Crippen LogP contribution in [0.3, 0.4) is 0 Å². The molecular formula is C8H9N3OS. The minimum Gasteiger partial charge on any atom is -0.313 e. The summed E-state index contributed by atoms with van der Waals surface area (Å²) in [5.41, 5.74) is 1.02. The molecule has 4 nitrogen and oxygen atoms in total. The number of carbonyl (C=O) groups is 1. The maximum absolute atomic E-state index is 10.8. The molecule has 0 saturated heterocycles. The van der Waals surface area contributed by atoms with E-state index in [4.69, 9.17) is 0 Å². The van der Waals surface area contributed by atoms with Gasteiger partial charge in [0, 0.05) is 11.1 Å². The third kappa shape index (κ3) is 1.92. The number of amides is 1. The molecule has 0 aromatic carbocycles. The van der Waals surface area contributed by atoms with Gasteiger partial charge in [0.15, 0.2) is 0 Å². The first-order valence-electron chi connectivity index (χ1n) is 3.98. The van der Waals surface area contributed by atoms with Gasteiger partial charge in [-0.15, -0.1) is 11.3 Å². The normalized spacial score (nSPS) is 15.8. The summed E-state index contributed by atoms with van der Waals surface area (Å²) in [4.78, 5) is 19.1. The maximum atomic E-state index is 10.8. The van der Waals surface area contributed by atoms with E-state index in [9.17, 15) is 4.79 Å². The van der Waals surface area contributed by atoms with Gasteiger partial charge in [-0.05, 0) is 6.92 Å². The van der Waals surface area contributed by atoms with Gasteiger partial charge in [-0.1, -0.05) is 0 Å². The lowest BCUT2D eigenvalue weighted by molar-refractivity contribution is -0.117. The number of hydrogen-bond donors (Lipinski definition) is 1. The van der Waals surface area contributed by atoms with E-state index in [0.717, 1.165) is 16.5 Å². The van der Waals surface area contributed by atoms with Crippen molar-refractivity contribution in [3.05, 3.63) is 16.1 Å². The van der Waals surface area contributed by atoms with Crippen LogP contribution in [0, 0.1) is 6.92 Å². The van der Waals surface area contributed by atoms with Crippen molar-refractivity contribution in [3.8, 4) is 0 Å². The number of hydrogen-bond acceptors (Lipinski definition) is 4. The lowest BCUT2D eigenvalue weighted by Gasteiger charge is -1.95. The van der Waals surface area contributed by atoms with Crippen molar-refractivity contribution in [1.29, 1.82) is 0 Å². The molecule has 68 valence electrons. The number of rotatable bonds is 2. The van der Waals surface area contributed by atoms with Gasteiger partial charge in [-0.25, -0.2) is 4.98 Å². The van der Waals surface area contributed by atoms with Crippen molar-refractivity contribution < 1.29 is 4.79 Å². The predicted molar refractivity (Wildman–Crippen MR) is 51.0 cm³/mol. The first-order valence-corrected chi connectivity index (χ1v) is 4.86. The van der Waals surface area contributed by atoms with Gasteiger partial charge in [0.2, 0.25) is 5.91 Å². The van der Waals surface area contributed by atoms with E-state index in [1.165, 1.54) is 0 Å². The summed E-state index contributed by atoms with van der Waals surface area (Å²) in [6, 6.07) is 0. The first kappa shape index (κ1) is 8.37. The van der Waals surface area contributed by atoms with Crippen molar-refractivity contribution >= 4 is 23.1 Å². The second-order valence-electron chi connectivity index (χ2n) is 2.87. The molecule has 0 aliphatic carbocycles. The molecule has 0 radical (unpaired) electrons. The van der Waals surface area contributed by atoms with Crippen molar-refractivity contribution in [1.82, 2.24) is 10.3 Å². The number of amidine groups is 1. The standard InChI is InChI=1S/C8H9N3OS/c1-5-4-13-8(10-5)2-6-9-3-7(12)11-6/h4H,2-3H2,1H3,(H,9,11,12). The van der Waals surface area contributed by atoms with E-state index in [1.54, 1.807) is 11.3 Å². The molecule has 0 unspecified atom stereocenters. The Labute approximate surface area is 79.7 Å². The minimum absolute atomic E-state index is 0.0247. The van der Waals surface area contributed by atoms with Crippen molar-refractivity contribution in [2.75, 3.05) is 6.54 Å². The lowest BCUT2D eigenvalue weighted by Crippen LogP contribution is -2.25. The van der Waals surface area contributed by atoms with Crippen LogP contribution in [0.1, 0.15) is 10.7 Å². The summed E-state index contributed by atoms with van der Waals surface area (Å²) < 4.78 is 0. The fourth-order valence-electron chi connectivity index (χ4n) is 1.13. The number of aryl methyl sites for hydroxylation is 1. The van der Waals surface area contributed by atoms with Crippen LogP contribution in [0.5, 0.6) is 0 Å². The van der Waals surface area contributed by atoms with Gasteiger partial charge in [-0.3, -0.25) is 9.79 Å². The Kier molecular flexibility index (Phi) is 2.10. The molecule has 2 rings (SSSR count). The van der Waals surface area contributed by atoms with Crippen molar-refractivity contribution in [2.45, 2.75) is 13.3 Å². The minimum atomic E-state index is -0.0247. The van der Waals surface area contributed by atoms with Gasteiger partial charge in [-0.2, -0.15) is 0 Å². The van der Waals surface area contributed by atoms with Crippen molar-refractivity contribution in [3.63, 3.8) is 0 Å². The highest BCUT2D eigenvalue weighted by molar-refractivity contribution is 7.09. The number of aromatic nitrogens is 1. The van der Waals surface area contributed by atoms with Gasteiger partial charge < -0.3 is 5.32 Å². The van der Waals surface area contributed by atoms with Crippen LogP contribution < -0.4 is 5.32 Å². The fourth-order valence-corrected chi connectivity index (χ4v) is 1.91. The zero-order chi connectivity index (χ0) is 9.26. The highest BCUT2D eigenvalue weighted by atomic mass is 32.1. The average molecular weight is 195 g/mol. The highest BCUT2D eigenvalue weighted by Gasteiger charge is 2.14. The van der Waals surface area contributed by atoms with E-state index >= 15 is 0 Å². The Bertz CT molecular complexity index is 369. The topological polar surface area (TPSA) is 54.4 Å². The van der Waals surface area contributed by atoms with Crippen LogP contribution in [-0.2, 0) is 11.2 Å². The molecule has 1 aromatic rings. The number of thiazole rings is 1. The van der Waals surface area contributed by atoms with Crippen LogP contribution in [0.2, 0.25) is 0 Å². The molecule has 1 amide bonds. The van der Waals surface area contributed by atoms with Gasteiger partial charge >= 0.3 is 0 Å². The molecule has 5 heteroatoms. The monoisotopic (exact) mass is 195 g/mol. The van der Waals surface area contributed by atoms with E-state index in [-0.39, 0.29) is 12.5 Å². The molecule has 1 aromatic heterocycles. The van der Waals surface area contributed by atoms with Crippen LogP contribution in [0.4, 0.5) is 0 Å². The molecule has 1 N–H and O–H groups in total. The van der Waals surface area contributed by atoms with E-state index in [0.29, 0.717) is 6.42 Å². The number of carbonyl (C=O) groups excluding carboxylic acids is 1. The zero-order valence-corrected chi connectivity index (χ0v) is 8.02. The smallest absolute Gasteiger partial charge is 0.247 e. The van der Waals surface area contributed by atoms with Gasteiger partial charge in [0.1, 0.15) is 17.4 Å². The fraction of sp³-hybridized carbons (Fsp3) is 0.375. The second kappa shape index (κ2) is 3.26. The largest absolute Gasteiger partial charge is 0.313 e. The van der Waals surface area contributed by atoms with E-state index in [1.807, 2.05) is 12.3 Å². The lowest BCUT2D eigenvalue weighted by atomic mass is 10.4. The van der Waals surface area contributed by atoms with Crippen LogP contribution >= 0.6 is 11.3 Å². The molecule has 0 atom stereocenters. The van der Waals surface area contributed by atoms with Gasteiger partial charge in [0.05, 0.1) is 6.42 Å². The molecule has 0 saturated carbocycles. The number of nitrogens with zero attached hydrogens (tertiary/aromatic N) is 2. The molecule has 2 heterocycles. The molecular weight excluding hydrogens is 186 g/mol. The van der Waals surface area contributed by atoms with Gasteiger partial charge in [0.25, 0.3) is 0 Å². The van der Waals surface area contributed by atoms with E-state index < -0.39 is 0 Å². The Morgan fingerprint density at radius 3 is 3.08 bits per heavy atom. The summed E-state index contributed by atoms with van der Waals surface area (Å²) in [6.45, 7) is 2.22. The SMILES string of the molecule is Cc1csc(CC2=NCC(=O)N2)n1. The predicted octanol–water partition coefficient (Wildman–Crippen LogP) is 0.522. The average Bonchev–Trinajstić information content (AvgIpc) is 2.62. The molecule has 1 aliphatic rings. The first-order chi connectivity index (χ1) is 6.24. The Hall–Kier alpha value is -1.23. The zero-order valence-electron chi connectivity index (χ0n) is 7.20. The summed E-state index contributed by atoms with van der Waals surface area (Å²) in [7, 11) is 0. The Morgan fingerprint density at radius 1 is 1.69 bits per heavy atom. The Balaban J connectivity index is 2.03. The maximum Gasteiger partial charge on any atom is 0.247 e. The molecule has 0 bridgehead atoms. The van der Waals surface area contributed by atoms with Crippen LogP contribution in [0.25, 0.3) is 0 Å². The Morgan fingerprint density at radius 2 is 2.54 bits per heavy atom.